The number of thioether (sulfide) groups is 1. The molecule has 1 fully saturated rings. The fourth-order valence-corrected chi connectivity index (χ4v) is 4.71. The van der Waals surface area contributed by atoms with E-state index in [1.54, 1.807) is 23.9 Å². The van der Waals surface area contributed by atoms with Crippen LogP contribution in [-0.2, 0) is 12.4 Å². The fourth-order valence-electron chi connectivity index (χ4n) is 3.51. The van der Waals surface area contributed by atoms with Crippen LogP contribution >= 0.6 is 23.4 Å². The van der Waals surface area contributed by atoms with Crippen LogP contribution in [0.2, 0.25) is 5.02 Å². The van der Waals surface area contributed by atoms with Crippen molar-refractivity contribution in [3.8, 4) is 5.75 Å². The first kappa shape index (κ1) is 20.2. The van der Waals surface area contributed by atoms with Crippen molar-refractivity contribution in [1.29, 1.82) is 0 Å². The number of aromatic nitrogens is 3. The zero-order chi connectivity index (χ0) is 21.4. The van der Waals surface area contributed by atoms with Crippen LogP contribution in [-0.4, -0.2) is 14.8 Å². The predicted octanol–water partition coefficient (Wildman–Crippen LogP) is 5.55. The molecule has 1 aliphatic carbocycles. The Morgan fingerprint density at radius 1 is 1.19 bits per heavy atom. The Balaban J connectivity index is 1.38. The highest BCUT2D eigenvalue weighted by Gasteiger charge is 2.30. The lowest BCUT2D eigenvalue weighted by molar-refractivity contribution is 0.288. The van der Waals surface area contributed by atoms with Crippen molar-refractivity contribution in [2.45, 2.75) is 43.3 Å². The van der Waals surface area contributed by atoms with Gasteiger partial charge in [0, 0.05) is 23.2 Å². The van der Waals surface area contributed by atoms with E-state index in [1.807, 2.05) is 43.3 Å². The maximum Gasteiger partial charge on any atom is 0.336 e. The quantitative estimate of drug-likeness (QED) is 0.270. The summed E-state index contributed by atoms with van der Waals surface area (Å²) < 4.78 is 13.4. The largest absolute Gasteiger partial charge is 0.484 e. The lowest BCUT2D eigenvalue weighted by Gasteiger charge is -2.11. The summed E-state index contributed by atoms with van der Waals surface area (Å²) in [7, 11) is 0. The fraction of sp³-hybridized carbons (Fsp3) is 0.261. The Bertz CT molecular complexity index is 1310. The predicted molar refractivity (Wildman–Crippen MR) is 121 cm³/mol. The SMILES string of the molecule is Cc1ccc2c(CSc3nnc(COc4ccccc4Cl)n3C3CC3)cc(=O)oc2c1. The lowest BCUT2D eigenvalue weighted by Crippen LogP contribution is -2.07. The van der Waals surface area contributed by atoms with Crippen molar-refractivity contribution in [3.63, 3.8) is 0 Å². The van der Waals surface area contributed by atoms with Gasteiger partial charge in [-0.05, 0) is 49.1 Å². The molecule has 2 aromatic carbocycles. The Hall–Kier alpha value is -2.77. The van der Waals surface area contributed by atoms with Crippen molar-refractivity contribution in [3.05, 3.63) is 80.9 Å². The van der Waals surface area contributed by atoms with Gasteiger partial charge in [0.2, 0.25) is 0 Å². The van der Waals surface area contributed by atoms with Crippen molar-refractivity contribution < 1.29 is 9.15 Å². The third-order valence-electron chi connectivity index (χ3n) is 5.18. The molecule has 6 nitrogen and oxygen atoms in total. The monoisotopic (exact) mass is 453 g/mol. The summed E-state index contributed by atoms with van der Waals surface area (Å²) in [6, 6.07) is 15.2. The normalized spacial score (nSPS) is 13.6. The summed E-state index contributed by atoms with van der Waals surface area (Å²) in [6.45, 7) is 2.27. The number of para-hydroxylation sites is 1. The van der Waals surface area contributed by atoms with Gasteiger partial charge in [0.1, 0.15) is 17.9 Å². The number of ether oxygens (including phenoxy) is 1. The second kappa shape index (κ2) is 8.40. The molecular weight excluding hydrogens is 434 g/mol. The van der Waals surface area contributed by atoms with E-state index < -0.39 is 0 Å². The molecule has 4 aromatic rings. The maximum absolute atomic E-state index is 12.0. The van der Waals surface area contributed by atoms with E-state index in [0.29, 0.717) is 34.8 Å². The highest BCUT2D eigenvalue weighted by atomic mass is 35.5. The van der Waals surface area contributed by atoms with Gasteiger partial charge in [0.25, 0.3) is 0 Å². The summed E-state index contributed by atoms with van der Waals surface area (Å²) >= 11 is 7.76. The lowest BCUT2D eigenvalue weighted by atomic mass is 10.1. The zero-order valence-electron chi connectivity index (χ0n) is 16.9. The van der Waals surface area contributed by atoms with Crippen LogP contribution in [0.3, 0.4) is 0 Å². The van der Waals surface area contributed by atoms with Crippen LogP contribution in [0, 0.1) is 6.92 Å². The van der Waals surface area contributed by atoms with E-state index in [1.165, 1.54) is 0 Å². The molecule has 0 unspecified atom stereocenters. The third-order valence-corrected chi connectivity index (χ3v) is 6.49. The molecule has 0 bridgehead atoms. The minimum atomic E-state index is -0.341. The summed E-state index contributed by atoms with van der Waals surface area (Å²) in [5.41, 5.74) is 2.25. The molecule has 0 atom stereocenters. The average molecular weight is 454 g/mol. The number of hydrogen-bond donors (Lipinski definition) is 0. The van der Waals surface area contributed by atoms with Crippen molar-refractivity contribution in [2.24, 2.45) is 0 Å². The number of hydrogen-bond acceptors (Lipinski definition) is 6. The molecule has 0 amide bonds. The summed E-state index contributed by atoms with van der Waals surface area (Å²) in [5, 5.41) is 11.1. The number of rotatable bonds is 7. The molecule has 0 N–H and O–H groups in total. The molecule has 1 saturated carbocycles. The van der Waals surface area contributed by atoms with Gasteiger partial charge in [-0.3, -0.25) is 4.57 Å². The average Bonchev–Trinajstić information content (AvgIpc) is 3.51. The topological polar surface area (TPSA) is 70.2 Å². The second-order valence-corrected chi connectivity index (χ2v) is 8.95. The highest BCUT2D eigenvalue weighted by Crippen LogP contribution is 2.40. The van der Waals surface area contributed by atoms with Gasteiger partial charge >= 0.3 is 5.63 Å². The molecule has 5 rings (SSSR count). The molecule has 0 saturated heterocycles. The van der Waals surface area contributed by atoms with Gasteiger partial charge in [-0.2, -0.15) is 0 Å². The number of benzene rings is 2. The Kier molecular flexibility index (Phi) is 5.46. The first-order valence-electron chi connectivity index (χ1n) is 10.1. The van der Waals surface area contributed by atoms with Gasteiger partial charge in [0.05, 0.1) is 5.02 Å². The number of nitrogens with zero attached hydrogens (tertiary/aromatic N) is 3. The third kappa shape index (κ3) is 4.34. The van der Waals surface area contributed by atoms with Crippen LogP contribution in [0.25, 0.3) is 11.0 Å². The van der Waals surface area contributed by atoms with Gasteiger partial charge in [-0.15, -0.1) is 10.2 Å². The van der Waals surface area contributed by atoms with E-state index >= 15 is 0 Å². The molecule has 158 valence electrons. The smallest absolute Gasteiger partial charge is 0.336 e. The summed E-state index contributed by atoms with van der Waals surface area (Å²) in [6.07, 6.45) is 2.20. The molecular formula is C23H20ClN3O3S. The molecule has 31 heavy (non-hydrogen) atoms. The van der Waals surface area contributed by atoms with E-state index in [0.717, 1.165) is 40.3 Å². The molecule has 2 aromatic heterocycles. The standard InChI is InChI=1S/C23H20ClN3O3S/c1-14-6-9-17-15(11-22(28)30-20(17)10-14)13-31-23-26-25-21(27(23)16-7-8-16)12-29-19-5-3-2-4-18(19)24/h2-6,9-11,16H,7-8,12-13H2,1H3. The summed E-state index contributed by atoms with van der Waals surface area (Å²) in [5.74, 6) is 2.00. The Morgan fingerprint density at radius 2 is 2.03 bits per heavy atom. The van der Waals surface area contributed by atoms with Crippen molar-refractivity contribution in [2.75, 3.05) is 0 Å². The van der Waals surface area contributed by atoms with Gasteiger partial charge in [0.15, 0.2) is 11.0 Å². The number of halogens is 1. The van der Waals surface area contributed by atoms with E-state index in [-0.39, 0.29) is 5.63 Å². The second-order valence-electron chi connectivity index (χ2n) is 7.60. The summed E-state index contributed by atoms with van der Waals surface area (Å²) in [4.78, 5) is 12.0. The molecule has 0 radical (unpaired) electrons. The minimum absolute atomic E-state index is 0.297. The number of aryl methyl sites for hydroxylation is 1. The first-order valence-corrected chi connectivity index (χ1v) is 11.4. The molecule has 1 aliphatic rings. The molecule has 8 heteroatoms. The van der Waals surface area contributed by atoms with Crippen LogP contribution in [0.15, 0.2) is 62.9 Å². The number of fused-ring (bicyclic) bond motifs is 1. The van der Waals surface area contributed by atoms with Gasteiger partial charge in [-0.1, -0.05) is 47.6 Å². The Morgan fingerprint density at radius 3 is 2.84 bits per heavy atom. The van der Waals surface area contributed by atoms with E-state index in [9.17, 15) is 4.79 Å². The van der Waals surface area contributed by atoms with Gasteiger partial charge < -0.3 is 9.15 Å². The highest BCUT2D eigenvalue weighted by molar-refractivity contribution is 7.98. The molecule has 0 spiro atoms. The van der Waals surface area contributed by atoms with Crippen molar-refractivity contribution in [1.82, 2.24) is 14.8 Å². The maximum atomic E-state index is 12.0. The van der Waals surface area contributed by atoms with Crippen LogP contribution in [0.5, 0.6) is 5.75 Å². The Labute approximate surface area is 188 Å². The van der Waals surface area contributed by atoms with Gasteiger partial charge in [-0.25, -0.2) is 4.79 Å². The minimum Gasteiger partial charge on any atom is -0.484 e. The van der Waals surface area contributed by atoms with Crippen molar-refractivity contribution >= 4 is 34.3 Å². The van der Waals surface area contributed by atoms with E-state index in [4.69, 9.17) is 20.8 Å². The zero-order valence-corrected chi connectivity index (χ0v) is 18.4. The molecule has 0 aliphatic heterocycles. The van der Waals surface area contributed by atoms with Crippen LogP contribution in [0.4, 0.5) is 0 Å². The van der Waals surface area contributed by atoms with Crippen LogP contribution < -0.4 is 10.4 Å². The molecule has 2 heterocycles. The first-order chi connectivity index (χ1) is 15.1. The van der Waals surface area contributed by atoms with Crippen LogP contribution in [0.1, 0.15) is 35.8 Å². The van der Waals surface area contributed by atoms with E-state index in [2.05, 4.69) is 14.8 Å².